The van der Waals surface area contributed by atoms with Gasteiger partial charge in [0.2, 0.25) is 0 Å². The molecule has 0 fully saturated rings. The Morgan fingerprint density at radius 2 is 2.04 bits per heavy atom. The summed E-state index contributed by atoms with van der Waals surface area (Å²) in [6, 6.07) is 4.03. The van der Waals surface area contributed by atoms with Crippen LogP contribution in [0.4, 0.5) is 0 Å². The lowest BCUT2D eigenvalue weighted by atomic mass is 9.89. The van der Waals surface area contributed by atoms with Crippen LogP contribution in [0.5, 0.6) is 0 Å². The van der Waals surface area contributed by atoms with E-state index in [1.54, 1.807) is 17.3 Å². The molecule has 26 heavy (non-hydrogen) atoms. The van der Waals surface area contributed by atoms with Crippen LogP contribution >= 0.6 is 23.1 Å². The minimum absolute atomic E-state index is 0.0942. The Morgan fingerprint density at radius 3 is 2.62 bits per heavy atom. The number of hydrogen-bond donors (Lipinski definition) is 1. The number of thioether (sulfide) groups is 1. The molecule has 1 aliphatic heterocycles. The number of hydrogen-bond acceptors (Lipinski definition) is 7. The standard InChI is InChI=1S/C19H22N2O3S2/c1-10-5-11(2)16(12(3)6-10)17-14(22)7-15(24-18(17)23)13(4)8-25-19-21-20-9-26-19/h5-6,9,13,15,22H,7-8H2,1-4H3. The highest BCUT2D eigenvalue weighted by molar-refractivity contribution is 8.01. The largest absolute Gasteiger partial charge is 0.511 e. The van der Waals surface area contributed by atoms with E-state index in [1.165, 1.54) is 11.3 Å². The van der Waals surface area contributed by atoms with Crippen LogP contribution < -0.4 is 0 Å². The van der Waals surface area contributed by atoms with Gasteiger partial charge in [-0.3, -0.25) is 0 Å². The molecule has 1 aromatic heterocycles. The first kappa shape index (κ1) is 18.9. The molecule has 0 amide bonds. The van der Waals surface area contributed by atoms with Crippen molar-refractivity contribution in [2.45, 2.75) is 44.6 Å². The number of nitrogens with zero attached hydrogens (tertiary/aromatic N) is 2. The lowest BCUT2D eigenvalue weighted by molar-refractivity contribution is -0.145. The summed E-state index contributed by atoms with van der Waals surface area (Å²) < 4.78 is 6.59. The molecule has 5 nitrogen and oxygen atoms in total. The van der Waals surface area contributed by atoms with Gasteiger partial charge >= 0.3 is 5.97 Å². The van der Waals surface area contributed by atoms with Gasteiger partial charge < -0.3 is 9.84 Å². The number of aliphatic hydroxyl groups excluding tert-OH is 1. The van der Waals surface area contributed by atoms with Gasteiger partial charge in [-0.2, -0.15) is 0 Å². The molecule has 0 bridgehead atoms. The van der Waals surface area contributed by atoms with Crippen LogP contribution in [-0.2, 0) is 9.53 Å². The number of esters is 1. The molecule has 2 unspecified atom stereocenters. The van der Waals surface area contributed by atoms with Crippen LogP contribution in [0.1, 0.15) is 35.6 Å². The van der Waals surface area contributed by atoms with E-state index in [0.29, 0.717) is 12.0 Å². The summed E-state index contributed by atoms with van der Waals surface area (Å²) >= 11 is 3.08. The number of cyclic esters (lactones) is 1. The minimum atomic E-state index is -0.443. The smallest absolute Gasteiger partial charge is 0.342 e. The molecule has 1 N–H and O–H groups in total. The molecule has 0 aliphatic carbocycles. The highest BCUT2D eigenvalue weighted by Crippen LogP contribution is 2.35. The van der Waals surface area contributed by atoms with Crippen molar-refractivity contribution in [2.75, 3.05) is 5.75 Å². The van der Waals surface area contributed by atoms with Crippen molar-refractivity contribution < 1.29 is 14.6 Å². The fourth-order valence-electron chi connectivity index (χ4n) is 3.32. The Hall–Kier alpha value is -1.86. The Bertz CT molecular complexity index is 823. The van der Waals surface area contributed by atoms with E-state index < -0.39 is 5.97 Å². The van der Waals surface area contributed by atoms with Gasteiger partial charge in [0.25, 0.3) is 0 Å². The average molecular weight is 391 g/mol. The van der Waals surface area contributed by atoms with Crippen molar-refractivity contribution in [3.63, 3.8) is 0 Å². The van der Waals surface area contributed by atoms with Crippen molar-refractivity contribution in [3.05, 3.63) is 45.7 Å². The third-order valence-electron chi connectivity index (χ3n) is 4.52. The number of ether oxygens (including phenoxy) is 1. The maximum absolute atomic E-state index is 12.7. The lowest BCUT2D eigenvalue weighted by Crippen LogP contribution is -2.32. The summed E-state index contributed by atoms with van der Waals surface area (Å²) in [6.45, 7) is 7.95. The minimum Gasteiger partial charge on any atom is -0.511 e. The molecule has 2 atom stereocenters. The molecule has 0 radical (unpaired) electrons. The van der Waals surface area contributed by atoms with Crippen LogP contribution in [0.2, 0.25) is 0 Å². The second-order valence-electron chi connectivity index (χ2n) is 6.74. The van der Waals surface area contributed by atoms with E-state index in [9.17, 15) is 9.90 Å². The SMILES string of the molecule is Cc1cc(C)c(C2=C(O)CC(C(C)CSc3nncs3)OC2=O)c(C)c1. The second-order valence-corrected chi connectivity index (χ2v) is 8.84. The average Bonchev–Trinajstić information content (AvgIpc) is 3.07. The number of carbonyl (C=O) groups excluding carboxylic acids is 1. The topological polar surface area (TPSA) is 72.3 Å². The molecule has 1 aromatic carbocycles. The third-order valence-corrected chi connectivity index (χ3v) is 6.66. The van der Waals surface area contributed by atoms with Crippen LogP contribution in [0.3, 0.4) is 0 Å². The fraction of sp³-hybridized carbons (Fsp3) is 0.421. The number of aryl methyl sites for hydroxylation is 3. The summed E-state index contributed by atoms with van der Waals surface area (Å²) in [5.41, 5.74) is 5.86. The molecular formula is C19H22N2O3S2. The Kier molecular flexibility index (Phi) is 5.67. The van der Waals surface area contributed by atoms with E-state index in [0.717, 1.165) is 32.3 Å². The van der Waals surface area contributed by atoms with Crippen molar-refractivity contribution >= 4 is 34.6 Å². The predicted molar refractivity (Wildman–Crippen MR) is 104 cm³/mol. The van der Waals surface area contributed by atoms with Gasteiger partial charge in [0.15, 0.2) is 4.34 Å². The van der Waals surface area contributed by atoms with E-state index in [-0.39, 0.29) is 17.8 Å². The molecule has 2 heterocycles. The molecular weight excluding hydrogens is 368 g/mol. The van der Waals surface area contributed by atoms with E-state index >= 15 is 0 Å². The molecule has 0 saturated carbocycles. The zero-order valence-corrected chi connectivity index (χ0v) is 16.9. The number of benzene rings is 1. The highest BCUT2D eigenvalue weighted by Gasteiger charge is 2.34. The first-order valence-corrected chi connectivity index (χ1v) is 10.3. The van der Waals surface area contributed by atoms with E-state index in [2.05, 4.69) is 10.2 Å². The monoisotopic (exact) mass is 390 g/mol. The van der Waals surface area contributed by atoms with Crippen molar-refractivity contribution in [3.8, 4) is 0 Å². The van der Waals surface area contributed by atoms with E-state index in [4.69, 9.17) is 4.74 Å². The van der Waals surface area contributed by atoms with Crippen molar-refractivity contribution in [2.24, 2.45) is 5.92 Å². The predicted octanol–water partition coefficient (Wildman–Crippen LogP) is 4.48. The van der Waals surface area contributed by atoms with Crippen LogP contribution in [0, 0.1) is 26.7 Å². The summed E-state index contributed by atoms with van der Waals surface area (Å²) in [6.07, 6.45) is 0.00353. The van der Waals surface area contributed by atoms with Crippen molar-refractivity contribution in [1.29, 1.82) is 0 Å². The maximum atomic E-state index is 12.7. The first-order valence-electron chi connectivity index (χ1n) is 8.47. The quantitative estimate of drug-likeness (QED) is 0.600. The number of aromatic nitrogens is 2. The normalized spacial score (nSPS) is 18.8. The van der Waals surface area contributed by atoms with Crippen LogP contribution in [0.25, 0.3) is 5.57 Å². The highest BCUT2D eigenvalue weighted by atomic mass is 32.2. The number of carbonyl (C=O) groups is 1. The third kappa shape index (κ3) is 3.94. The van der Waals surface area contributed by atoms with Crippen LogP contribution in [0.15, 0.2) is 27.7 Å². The van der Waals surface area contributed by atoms with Gasteiger partial charge in [-0.05, 0) is 37.5 Å². The fourth-order valence-corrected chi connectivity index (χ4v) is 4.93. The van der Waals surface area contributed by atoms with Gasteiger partial charge in [0, 0.05) is 18.1 Å². The molecule has 2 aromatic rings. The van der Waals surface area contributed by atoms with Gasteiger partial charge in [-0.1, -0.05) is 47.7 Å². The molecule has 7 heteroatoms. The number of aliphatic hydroxyl groups is 1. The van der Waals surface area contributed by atoms with Gasteiger partial charge in [-0.15, -0.1) is 10.2 Å². The van der Waals surface area contributed by atoms with E-state index in [1.807, 2.05) is 39.8 Å². The second kappa shape index (κ2) is 7.80. The van der Waals surface area contributed by atoms with Gasteiger partial charge in [-0.25, -0.2) is 4.79 Å². The Balaban J connectivity index is 1.79. The molecule has 138 valence electrons. The molecule has 1 aliphatic rings. The van der Waals surface area contributed by atoms with Gasteiger partial charge in [0.05, 0.1) is 0 Å². The molecule has 3 rings (SSSR count). The summed E-state index contributed by atoms with van der Waals surface area (Å²) in [5, 5.41) is 18.5. The Morgan fingerprint density at radius 1 is 1.35 bits per heavy atom. The summed E-state index contributed by atoms with van der Waals surface area (Å²) in [5.74, 6) is 0.519. The lowest BCUT2D eigenvalue weighted by Gasteiger charge is -2.29. The van der Waals surface area contributed by atoms with Crippen LogP contribution in [-0.4, -0.2) is 33.1 Å². The summed E-state index contributed by atoms with van der Waals surface area (Å²) in [7, 11) is 0. The van der Waals surface area contributed by atoms with Crippen molar-refractivity contribution in [1.82, 2.24) is 10.2 Å². The first-order chi connectivity index (χ1) is 12.4. The zero-order chi connectivity index (χ0) is 18.8. The molecule has 0 saturated heterocycles. The maximum Gasteiger partial charge on any atom is 0.342 e. The van der Waals surface area contributed by atoms with Gasteiger partial charge in [0.1, 0.15) is 22.9 Å². The summed E-state index contributed by atoms with van der Waals surface area (Å²) in [4.78, 5) is 12.7. The molecule has 0 spiro atoms. The number of rotatable bonds is 5. The Labute approximate surface area is 161 Å². The zero-order valence-electron chi connectivity index (χ0n) is 15.3.